The maximum Gasteiger partial charge on any atom is 0.152 e. The van der Waals surface area contributed by atoms with E-state index >= 15 is 0 Å². The minimum atomic E-state index is 0.579. The molecule has 3 N–H and O–H groups in total. The average molecular weight is 295 g/mol. The lowest BCUT2D eigenvalue weighted by molar-refractivity contribution is 0.219. The Kier molecular flexibility index (Phi) is 3.88. The van der Waals surface area contributed by atoms with Crippen molar-refractivity contribution in [2.24, 2.45) is 5.84 Å². The predicted molar refractivity (Wildman–Crippen MR) is 82.4 cm³/mol. The molecule has 102 valence electrons. The molecule has 7 heteroatoms. The van der Waals surface area contributed by atoms with E-state index in [0.29, 0.717) is 6.04 Å². The standard InChI is InChI=1S/C12H17N5S2/c1-8-7-18-5-3-17(8)6-10-14-11(16-13)9-2-4-19-12(9)15-10/h2,4,8H,3,5-7,13H2,1H3,(H,14,15,16). The van der Waals surface area contributed by atoms with Gasteiger partial charge in [-0.15, -0.1) is 11.3 Å². The van der Waals surface area contributed by atoms with Crippen molar-refractivity contribution in [2.45, 2.75) is 19.5 Å². The van der Waals surface area contributed by atoms with Crippen LogP contribution in [-0.2, 0) is 6.54 Å². The van der Waals surface area contributed by atoms with Crippen LogP contribution in [0.4, 0.5) is 5.82 Å². The Bertz CT molecular complexity index is 570. The summed E-state index contributed by atoms with van der Waals surface area (Å²) in [5.74, 6) is 9.49. The highest BCUT2D eigenvalue weighted by molar-refractivity contribution is 7.99. The minimum absolute atomic E-state index is 0.579. The van der Waals surface area contributed by atoms with Gasteiger partial charge in [-0.2, -0.15) is 11.8 Å². The van der Waals surface area contributed by atoms with E-state index in [1.807, 2.05) is 23.2 Å². The predicted octanol–water partition coefficient (Wildman–Crippen LogP) is 1.91. The van der Waals surface area contributed by atoms with Crippen molar-refractivity contribution < 1.29 is 0 Å². The van der Waals surface area contributed by atoms with Gasteiger partial charge in [0, 0.05) is 24.1 Å². The van der Waals surface area contributed by atoms with E-state index in [9.17, 15) is 0 Å². The van der Waals surface area contributed by atoms with E-state index in [1.54, 1.807) is 11.3 Å². The summed E-state index contributed by atoms with van der Waals surface area (Å²) in [6.07, 6.45) is 0. The number of aromatic nitrogens is 2. The fourth-order valence-electron chi connectivity index (χ4n) is 2.26. The summed E-state index contributed by atoms with van der Waals surface area (Å²) in [7, 11) is 0. The van der Waals surface area contributed by atoms with Crippen molar-refractivity contribution in [3.63, 3.8) is 0 Å². The van der Waals surface area contributed by atoms with Gasteiger partial charge in [-0.05, 0) is 18.4 Å². The molecule has 5 nitrogen and oxygen atoms in total. The minimum Gasteiger partial charge on any atom is -0.308 e. The van der Waals surface area contributed by atoms with Crippen LogP contribution in [-0.4, -0.2) is 39.0 Å². The number of nitrogen functional groups attached to an aromatic ring is 1. The highest BCUT2D eigenvalue weighted by Gasteiger charge is 2.20. The Morgan fingerprint density at radius 3 is 3.21 bits per heavy atom. The van der Waals surface area contributed by atoms with E-state index in [0.717, 1.165) is 34.9 Å². The van der Waals surface area contributed by atoms with Gasteiger partial charge in [-0.3, -0.25) is 4.90 Å². The number of thiophene rings is 1. The maximum atomic E-state index is 5.55. The summed E-state index contributed by atoms with van der Waals surface area (Å²) in [4.78, 5) is 12.6. The highest BCUT2D eigenvalue weighted by atomic mass is 32.2. The van der Waals surface area contributed by atoms with E-state index in [-0.39, 0.29) is 0 Å². The van der Waals surface area contributed by atoms with E-state index < -0.39 is 0 Å². The molecule has 0 bridgehead atoms. The number of fused-ring (bicyclic) bond motifs is 1. The molecule has 0 aliphatic carbocycles. The van der Waals surface area contributed by atoms with Crippen LogP contribution in [0.1, 0.15) is 12.7 Å². The largest absolute Gasteiger partial charge is 0.308 e. The zero-order valence-electron chi connectivity index (χ0n) is 10.8. The second-order valence-corrected chi connectivity index (χ2v) is 6.71. The number of nitrogens with two attached hydrogens (primary N) is 1. The number of nitrogens with zero attached hydrogens (tertiary/aromatic N) is 3. The van der Waals surface area contributed by atoms with Crippen molar-refractivity contribution in [1.82, 2.24) is 14.9 Å². The Balaban J connectivity index is 1.87. The topological polar surface area (TPSA) is 67.1 Å². The molecule has 1 fully saturated rings. The maximum absolute atomic E-state index is 5.55. The Labute approximate surface area is 120 Å². The van der Waals surface area contributed by atoms with E-state index in [1.165, 1.54) is 11.5 Å². The van der Waals surface area contributed by atoms with Crippen LogP contribution < -0.4 is 11.3 Å². The van der Waals surface area contributed by atoms with Gasteiger partial charge >= 0.3 is 0 Å². The molecule has 1 saturated heterocycles. The highest BCUT2D eigenvalue weighted by Crippen LogP contribution is 2.25. The molecule has 0 amide bonds. The van der Waals surface area contributed by atoms with Crippen LogP contribution in [0.5, 0.6) is 0 Å². The van der Waals surface area contributed by atoms with Gasteiger partial charge in [0.25, 0.3) is 0 Å². The zero-order chi connectivity index (χ0) is 13.2. The molecule has 19 heavy (non-hydrogen) atoms. The lowest BCUT2D eigenvalue weighted by Gasteiger charge is -2.32. The second-order valence-electron chi connectivity index (χ2n) is 4.67. The number of rotatable bonds is 3. The molecule has 2 aromatic rings. The summed E-state index contributed by atoms with van der Waals surface area (Å²) in [5.41, 5.74) is 2.68. The Morgan fingerprint density at radius 1 is 1.53 bits per heavy atom. The smallest absolute Gasteiger partial charge is 0.152 e. The van der Waals surface area contributed by atoms with Gasteiger partial charge in [0.1, 0.15) is 10.7 Å². The molecule has 0 saturated carbocycles. The summed E-state index contributed by atoms with van der Waals surface area (Å²) in [6.45, 7) is 4.16. The molecule has 1 aliphatic heterocycles. The van der Waals surface area contributed by atoms with Crippen LogP contribution in [0.15, 0.2) is 11.4 Å². The van der Waals surface area contributed by atoms with Crippen molar-refractivity contribution >= 4 is 39.1 Å². The molecule has 3 rings (SSSR count). The first kappa shape index (κ1) is 13.1. The lowest BCUT2D eigenvalue weighted by atomic mass is 10.3. The van der Waals surface area contributed by atoms with Crippen LogP contribution in [0.25, 0.3) is 10.2 Å². The van der Waals surface area contributed by atoms with Crippen molar-refractivity contribution in [1.29, 1.82) is 0 Å². The average Bonchev–Trinajstić information content (AvgIpc) is 2.89. The van der Waals surface area contributed by atoms with Crippen LogP contribution in [0.3, 0.4) is 0 Å². The van der Waals surface area contributed by atoms with Crippen LogP contribution >= 0.6 is 23.1 Å². The summed E-state index contributed by atoms with van der Waals surface area (Å²) in [5, 5.41) is 3.02. The molecule has 1 unspecified atom stereocenters. The summed E-state index contributed by atoms with van der Waals surface area (Å²) < 4.78 is 0. The number of nitrogens with one attached hydrogen (secondary N) is 1. The number of hydrazine groups is 1. The molecule has 1 aliphatic rings. The fraction of sp³-hybridized carbons (Fsp3) is 0.500. The third-order valence-electron chi connectivity index (χ3n) is 3.36. The molecular formula is C12H17N5S2. The monoisotopic (exact) mass is 295 g/mol. The van der Waals surface area contributed by atoms with Crippen molar-refractivity contribution in [2.75, 3.05) is 23.5 Å². The number of hydrogen-bond acceptors (Lipinski definition) is 7. The van der Waals surface area contributed by atoms with Crippen LogP contribution in [0, 0.1) is 0 Å². The first-order valence-corrected chi connectivity index (χ1v) is 8.34. The van der Waals surface area contributed by atoms with Gasteiger partial charge in [0.2, 0.25) is 0 Å². The zero-order valence-corrected chi connectivity index (χ0v) is 12.4. The molecule has 1 atom stereocenters. The third kappa shape index (κ3) is 2.69. The van der Waals surface area contributed by atoms with Gasteiger partial charge in [-0.25, -0.2) is 15.8 Å². The normalized spacial score (nSPS) is 20.8. The first-order chi connectivity index (χ1) is 9.28. The van der Waals surface area contributed by atoms with Crippen molar-refractivity contribution in [3.8, 4) is 0 Å². The molecule has 2 aromatic heterocycles. The summed E-state index contributed by atoms with van der Waals surface area (Å²) in [6, 6.07) is 2.58. The second kappa shape index (κ2) is 5.62. The van der Waals surface area contributed by atoms with Gasteiger partial charge in [-0.1, -0.05) is 0 Å². The molecule has 3 heterocycles. The number of anilines is 1. The fourth-order valence-corrected chi connectivity index (χ4v) is 4.12. The Morgan fingerprint density at radius 2 is 2.42 bits per heavy atom. The number of thioether (sulfide) groups is 1. The van der Waals surface area contributed by atoms with Gasteiger partial charge in [0.05, 0.1) is 11.9 Å². The first-order valence-electron chi connectivity index (χ1n) is 6.30. The van der Waals surface area contributed by atoms with Crippen molar-refractivity contribution in [3.05, 3.63) is 17.3 Å². The van der Waals surface area contributed by atoms with Gasteiger partial charge < -0.3 is 5.43 Å². The van der Waals surface area contributed by atoms with E-state index in [4.69, 9.17) is 5.84 Å². The SMILES string of the molecule is CC1CSCCN1Cc1nc(NN)c2ccsc2n1. The Hall–Kier alpha value is -0.890. The van der Waals surface area contributed by atoms with Crippen LogP contribution in [0.2, 0.25) is 0 Å². The summed E-state index contributed by atoms with van der Waals surface area (Å²) >= 11 is 3.64. The number of hydrogen-bond donors (Lipinski definition) is 2. The lowest BCUT2D eigenvalue weighted by Crippen LogP contribution is -2.40. The molecule has 0 aromatic carbocycles. The molecular weight excluding hydrogens is 278 g/mol. The van der Waals surface area contributed by atoms with Gasteiger partial charge in [0.15, 0.2) is 5.82 Å². The van der Waals surface area contributed by atoms with E-state index in [2.05, 4.69) is 27.2 Å². The quantitative estimate of drug-likeness (QED) is 0.666. The molecule has 0 spiro atoms. The third-order valence-corrected chi connectivity index (χ3v) is 5.35. The molecule has 0 radical (unpaired) electrons.